The average molecular weight is 331 g/mol. The molecule has 110 valence electrons. The number of anilines is 1. The van der Waals surface area contributed by atoms with Gasteiger partial charge in [0.25, 0.3) is 0 Å². The van der Waals surface area contributed by atoms with Crippen LogP contribution in [0.2, 0.25) is 10.0 Å². The quantitative estimate of drug-likeness (QED) is 0.745. The summed E-state index contributed by atoms with van der Waals surface area (Å²) in [6.45, 7) is 0.694. The summed E-state index contributed by atoms with van der Waals surface area (Å²) in [5.41, 5.74) is 3.18. The third-order valence-corrected chi connectivity index (χ3v) is 4.06. The van der Waals surface area contributed by atoms with Crippen LogP contribution < -0.4 is 5.32 Å². The van der Waals surface area contributed by atoms with Crippen LogP contribution in [0.1, 0.15) is 11.1 Å². The number of nitrogens with zero attached hydrogens (tertiary/aromatic N) is 2. The number of nitriles is 1. The van der Waals surface area contributed by atoms with Crippen molar-refractivity contribution in [1.82, 2.24) is 9.97 Å². The Balaban J connectivity index is 1.69. The van der Waals surface area contributed by atoms with E-state index in [-0.39, 0.29) is 0 Å². The molecule has 0 amide bonds. The molecular formula is C16H12Cl2N4. The van der Waals surface area contributed by atoms with Gasteiger partial charge in [0.15, 0.2) is 0 Å². The van der Waals surface area contributed by atoms with Crippen molar-refractivity contribution in [3.8, 4) is 6.07 Å². The van der Waals surface area contributed by atoms with Gasteiger partial charge in [-0.15, -0.1) is 0 Å². The molecule has 4 nitrogen and oxygen atoms in total. The number of aromatic nitrogens is 2. The molecule has 3 rings (SSSR count). The molecule has 22 heavy (non-hydrogen) atoms. The molecule has 0 aliphatic carbocycles. The van der Waals surface area contributed by atoms with Crippen molar-refractivity contribution < 1.29 is 0 Å². The molecule has 2 N–H and O–H groups in total. The maximum atomic E-state index is 9.07. The predicted octanol–water partition coefficient (Wildman–Crippen LogP) is 4.40. The first-order valence-electron chi connectivity index (χ1n) is 6.74. The highest BCUT2D eigenvalue weighted by Gasteiger charge is 2.06. The van der Waals surface area contributed by atoms with E-state index >= 15 is 0 Å². The van der Waals surface area contributed by atoms with E-state index < -0.39 is 0 Å². The largest absolute Gasteiger partial charge is 0.355 e. The van der Waals surface area contributed by atoms with E-state index in [2.05, 4.69) is 21.4 Å². The summed E-state index contributed by atoms with van der Waals surface area (Å²) in [7, 11) is 0. The Bertz CT molecular complexity index is 864. The highest BCUT2D eigenvalue weighted by atomic mass is 35.5. The molecule has 6 heteroatoms. The summed E-state index contributed by atoms with van der Waals surface area (Å²) in [6, 6.07) is 13.2. The number of nitrogens with one attached hydrogen (secondary N) is 2. The normalized spacial score (nSPS) is 10.6. The van der Waals surface area contributed by atoms with Crippen molar-refractivity contribution in [2.75, 3.05) is 11.9 Å². The topological polar surface area (TPSA) is 64.5 Å². The standard InChI is InChI=1S/C16H12Cl2N4/c17-12-5-4-10(8-13(12)18)6-7-20-16-21-14-3-1-2-11(9-19)15(14)22-16/h1-5,8H,6-7H2,(H2,20,21,22). The third kappa shape index (κ3) is 3.01. The van der Waals surface area contributed by atoms with Gasteiger partial charge in [-0.2, -0.15) is 5.26 Å². The average Bonchev–Trinajstić information content (AvgIpc) is 2.93. The number of fused-ring (bicyclic) bond motifs is 1. The summed E-state index contributed by atoms with van der Waals surface area (Å²) < 4.78 is 0. The van der Waals surface area contributed by atoms with Gasteiger partial charge in [-0.25, -0.2) is 4.98 Å². The van der Waals surface area contributed by atoms with Gasteiger partial charge in [-0.05, 0) is 36.2 Å². The van der Waals surface area contributed by atoms with Crippen LogP contribution in [0, 0.1) is 11.3 Å². The number of hydrogen-bond acceptors (Lipinski definition) is 3. The van der Waals surface area contributed by atoms with Gasteiger partial charge in [0.05, 0.1) is 21.1 Å². The number of hydrogen-bond donors (Lipinski definition) is 2. The van der Waals surface area contributed by atoms with E-state index in [1.807, 2.05) is 24.3 Å². The lowest BCUT2D eigenvalue weighted by Gasteiger charge is -2.04. The maximum Gasteiger partial charge on any atom is 0.201 e. The second-order valence-corrected chi connectivity index (χ2v) is 5.64. The Morgan fingerprint density at radius 1 is 1.18 bits per heavy atom. The minimum Gasteiger partial charge on any atom is -0.355 e. The first kappa shape index (κ1) is 14.7. The van der Waals surface area contributed by atoms with Crippen molar-refractivity contribution in [2.24, 2.45) is 0 Å². The second kappa shape index (κ2) is 6.27. The van der Waals surface area contributed by atoms with E-state index in [1.54, 1.807) is 12.1 Å². The zero-order valence-corrected chi connectivity index (χ0v) is 13.0. The van der Waals surface area contributed by atoms with Gasteiger partial charge in [0.1, 0.15) is 11.6 Å². The molecule has 0 saturated heterocycles. The zero-order chi connectivity index (χ0) is 15.5. The van der Waals surface area contributed by atoms with Gasteiger partial charge < -0.3 is 10.3 Å². The molecule has 0 atom stereocenters. The van der Waals surface area contributed by atoms with Crippen molar-refractivity contribution in [2.45, 2.75) is 6.42 Å². The van der Waals surface area contributed by atoms with Gasteiger partial charge in [-0.3, -0.25) is 0 Å². The molecule has 0 aliphatic heterocycles. The Hall–Kier alpha value is -2.22. The maximum absolute atomic E-state index is 9.07. The van der Waals surface area contributed by atoms with E-state index in [0.29, 0.717) is 33.6 Å². The lowest BCUT2D eigenvalue weighted by Crippen LogP contribution is -2.06. The molecule has 1 aromatic heterocycles. The van der Waals surface area contributed by atoms with E-state index in [9.17, 15) is 0 Å². The van der Waals surface area contributed by atoms with E-state index in [1.165, 1.54) is 0 Å². The molecule has 0 saturated carbocycles. The number of aromatic amines is 1. The molecule has 3 aromatic rings. The third-order valence-electron chi connectivity index (χ3n) is 3.32. The Morgan fingerprint density at radius 3 is 2.82 bits per heavy atom. The van der Waals surface area contributed by atoms with Crippen molar-refractivity contribution >= 4 is 40.2 Å². The van der Waals surface area contributed by atoms with Crippen LogP contribution in [0.4, 0.5) is 5.95 Å². The van der Waals surface area contributed by atoms with Crippen LogP contribution in [-0.2, 0) is 6.42 Å². The van der Waals surface area contributed by atoms with Crippen LogP contribution in [0.5, 0.6) is 0 Å². The smallest absolute Gasteiger partial charge is 0.201 e. The van der Waals surface area contributed by atoms with Gasteiger partial charge >= 0.3 is 0 Å². The van der Waals surface area contributed by atoms with Gasteiger partial charge in [0, 0.05) is 6.54 Å². The van der Waals surface area contributed by atoms with Crippen molar-refractivity contribution in [3.05, 3.63) is 57.6 Å². The van der Waals surface area contributed by atoms with Crippen molar-refractivity contribution in [3.63, 3.8) is 0 Å². The molecule has 0 unspecified atom stereocenters. The number of benzene rings is 2. The zero-order valence-electron chi connectivity index (χ0n) is 11.5. The summed E-state index contributed by atoms with van der Waals surface area (Å²) in [5.74, 6) is 0.651. The number of rotatable bonds is 4. The van der Waals surface area contributed by atoms with E-state index in [4.69, 9.17) is 28.5 Å². The number of para-hydroxylation sites is 1. The fourth-order valence-corrected chi connectivity index (χ4v) is 2.55. The fourth-order valence-electron chi connectivity index (χ4n) is 2.23. The predicted molar refractivity (Wildman–Crippen MR) is 89.5 cm³/mol. The van der Waals surface area contributed by atoms with Gasteiger partial charge in [-0.1, -0.05) is 35.3 Å². The Labute approximate surface area is 137 Å². The Kier molecular flexibility index (Phi) is 4.19. The first-order valence-corrected chi connectivity index (χ1v) is 7.49. The minimum atomic E-state index is 0.555. The monoisotopic (exact) mass is 330 g/mol. The molecule has 0 radical (unpaired) electrons. The lowest BCUT2D eigenvalue weighted by atomic mass is 10.1. The highest BCUT2D eigenvalue weighted by Crippen LogP contribution is 2.23. The summed E-state index contributed by atoms with van der Waals surface area (Å²) in [6.07, 6.45) is 0.791. The minimum absolute atomic E-state index is 0.555. The van der Waals surface area contributed by atoms with Crippen LogP contribution in [0.25, 0.3) is 11.0 Å². The Morgan fingerprint density at radius 2 is 2.05 bits per heavy atom. The van der Waals surface area contributed by atoms with Crippen LogP contribution in [-0.4, -0.2) is 16.5 Å². The summed E-state index contributed by atoms with van der Waals surface area (Å²) >= 11 is 11.9. The molecule has 2 aromatic carbocycles. The fraction of sp³-hybridized carbons (Fsp3) is 0.125. The molecule has 0 aliphatic rings. The SMILES string of the molecule is N#Cc1cccc2[nH]c(NCCc3ccc(Cl)c(Cl)c3)nc12. The van der Waals surface area contributed by atoms with Crippen LogP contribution >= 0.6 is 23.2 Å². The summed E-state index contributed by atoms with van der Waals surface area (Å²) in [5, 5.41) is 13.4. The second-order valence-electron chi connectivity index (χ2n) is 4.82. The molecule has 1 heterocycles. The first-order chi connectivity index (χ1) is 10.7. The molecule has 0 fully saturated rings. The molecule has 0 spiro atoms. The van der Waals surface area contributed by atoms with Crippen LogP contribution in [0.15, 0.2) is 36.4 Å². The van der Waals surface area contributed by atoms with Crippen molar-refractivity contribution in [1.29, 1.82) is 5.26 Å². The number of imidazole rings is 1. The summed E-state index contributed by atoms with van der Waals surface area (Å²) in [4.78, 5) is 7.57. The molecular weight excluding hydrogens is 319 g/mol. The van der Waals surface area contributed by atoms with Gasteiger partial charge in [0.2, 0.25) is 5.95 Å². The lowest BCUT2D eigenvalue weighted by molar-refractivity contribution is 1.000. The van der Waals surface area contributed by atoms with E-state index in [0.717, 1.165) is 17.5 Å². The molecule has 0 bridgehead atoms. The van der Waals surface area contributed by atoms with Crippen LogP contribution in [0.3, 0.4) is 0 Å². The highest BCUT2D eigenvalue weighted by molar-refractivity contribution is 6.42. The number of halogens is 2. The number of H-pyrrole nitrogens is 1.